The molecule has 1 aromatic rings. The Hall–Kier alpha value is -1.97. The van der Waals surface area contributed by atoms with Gasteiger partial charge in [0.1, 0.15) is 6.61 Å². The van der Waals surface area contributed by atoms with Crippen LogP contribution in [-0.2, 0) is 4.74 Å². The lowest BCUT2D eigenvalue weighted by atomic mass is 9.79. The normalized spacial score (nSPS) is 9.94. The Morgan fingerprint density at radius 1 is 1.44 bits per heavy atom. The van der Waals surface area contributed by atoms with Crippen molar-refractivity contribution in [2.24, 2.45) is 5.73 Å². The largest absolute Gasteiger partial charge is 0.488 e. The quantitative estimate of drug-likeness (QED) is 0.249. The summed E-state index contributed by atoms with van der Waals surface area (Å²) in [5.74, 6) is -0.814. The number of nitro benzene ring substituents is 1. The number of nitrogens with two attached hydrogens (primary N) is 1. The molecule has 8 nitrogen and oxygen atoms in total. The molecule has 4 N–H and O–H groups in total. The van der Waals surface area contributed by atoms with Crippen LogP contribution in [0.15, 0.2) is 18.2 Å². The van der Waals surface area contributed by atoms with Gasteiger partial charge in [0.25, 0.3) is 5.69 Å². The molecular formula is C9H11BN2O6. The van der Waals surface area contributed by atoms with E-state index in [4.69, 9.17) is 20.5 Å². The predicted octanol–water partition coefficient (Wildman–Crippen LogP) is -1.61. The molecule has 18 heavy (non-hydrogen) atoms. The topological polar surface area (TPSA) is 136 Å². The van der Waals surface area contributed by atoms with Crippen LogP contribution in [0.5, 0.6) is 0 Å². The van der Waals surface area contributed by atoms with E-state index in [-0.39, 0.29) is 24.2 Å². The summed E-state index contributed by atoms with van der Waals surface area (Å²) >= 11 is 0. The number of esters is 1. The monoisotopic (exact) mass is 254 g/mol. The SMILES string of the molecule is NCCOC(=O)c1cc(B(O)O)cc([N+](=O)[O-])c1. The maximum atomic E-state index is 11.5. The summed E-state index contributed by atoms with van der Waals surface area (Å²) in [6.07, 6.45) is 0. The number of hydrogen-bond donors (Lipinski definition) is 3. The van der Waals surface area contributed by atoms with Gasteiger partial charge < -0.3 is 20.5 Å². The van der Waals surface area contributed by atoms with Gasteiger partial charge in [0.05, 0.1) is 10.5 Å². The molecule has 9 heteroatoms. The van der Waals surface area contributed by atoms with Crippen LogP contribution >= 0.6 is 0 Å². The zero-order valence-electron chi connectivity index (χ0n) is 9.28. The van der Waals surface area contributed by atoms with E-state index in [1.54, 1.807) is 0 Å². The molecule has 1 rings (SSSR count). The van der Waals surface area contributed by atoms with Crippen molar-refractivity contribution in [3.63, 3.8) is 0 Å². The van der Waals surface area contributed by atoms with Crippen molar-refractivity contribution in [3.05, 3.63) is 33.9 Å². The van der Waals surface area contributed by atoms with Gasteiger partial charge in [-0.25, -0.2) is 4.79 Å². The lowest BCUT2D eigenvalue weighted by Crippen LogP contribution is -2.31. The highest BCUT2D eigenvalue weighted by Gasteiger charge is 2.20. The van der Waals surface area contributed by atoms with Crippen molar-refractivity contribution in [1.29, 1.82) is 0 Å². The molecule has 96 valence electrons. The third-order valence-electron chi connectivity index (χ3n) is 2.04. The van der Waals surface area contributed by atoms with Crippen LogP contribution in [0.3, 0.4) is 0 Å². The van der Waals surface area contributed by atoms with Crippen molar-refractivity contribution in [3.8, 4) is 0 Å². The molecule has 1 aromatic carbocycles. The fraction of sp³-hybridized carbons (Fsp3) is 0.222. The summed E-state index contributed by atoms with van der Waals surface area (Å²) in [6.45, 7) is 0.0920. The zero-order chi connectivity index (χ0) is 13.7. The van der Waals surface area contributed by atoms with Gasteiger partial charge in [0, 0.05) is 18.7 Å². The first-order valence-electron chi connectivity index (χ1n) is 4.98. The summed E-state index contributed by atoms with van der Waals surface area (Å²) in [7, 11) is -1.91. The van der Waals surface area contributed by atoms with Gasteiger partial charge in [-0.3, -0.25) is 10.1 Å². The highest BCUT2D eigenvalue weighted by molar-refractivity contribution is 6.58. The summed E-state index contributed by atoms with van der Waals surface area (Å²) in [5.41, 5.74) is 4.41. The van der Waals surface area contributed by atoms with Crippen molar-refractivity contribution in [2.75, 3.05) is 13.2 Å². The molecule has 0 saturated carbocycles. The van der Waals surface area contributed by atoms with Crippen LogP contribution in [-0.4, -0.2) is 41.2 Å². The first-order chi connectivity index (χ1) is 8.45. The molecule has 0 bridgehead atoms. The third kappa shape index (κ3) is 3.52. The average molecular weight is 254 g/mol. The van der Waals surface area contributed by atoms with E-state index in [9.17, 15) is 14.9 Å². The number of carbonyl (C=O) groups excluding carboxylic acids is 1. The molecule has 0 radical (unpaired) electrons. The minimum atomic E-state index is -1.91. The third-order valence-corrected chi connectivity index (χ3v) is 2.04. The first-order valence-corrected chi connectivity index (χ1v) is 4.98. The minimum absolute atomic E-state index is 0.0292. The van der Waals surface area contributed by atoms with E-state index in [0.717, 1.165) is 18.2 Å². The Morgan fingerprint density at radius 2 is 2.11 bits per heavy atom. The van der Waals surface area contributed by atoms with Crippen LogP contribution in [0.2, 0.25) is 0 Å². The second kappa shape index (κ2) is 6.10. The number of nitro groups is 1. The van der Waals surface area contributed by atoms with Crippen molar-refractivity contribution >= 4 is 24.2 Å². The van der Waals surface area contributed by atoms with E-state index < -0.39 is 23.7 Å². The highest BCUT2D eigenvalue weighted by atomic mass is 16.6. The molecule has 0 aliphatic rings. The Labute approximate surface area is 102 Å². The molecule has 0 aliphatic carbocycles. The average Bonchev–Trinajstić information content (AvgIpc) is 2.35. The summed E-state index contributed by atoms with van der Waals surface area (Å²) in [6, 6.07) is 3.06. The van der Waals surface area contributed by atoms with Crippen molar-refractivity contribution < 1.29 is 24.5 Å². The van der Waals surface area contributed by atoms with E-state index in [1.807, 2.05) is 0 Å². The molecule has 0 amide bonds. The van der Waals surface area contributed by atoms with Crippen LogP contribution in [0.1, 0.15) is 10.4 Å². The van der Waals surface area contributed by atoms with Crippen LogP contribution in [0.25, 0.3) is 0 Å². The lowest BCUT2D eigenvalue weighted by molar-refractivity contribution is -0.384. The molecule has 0 unspecified atom stereocenters. The number of hydrogen-bond acceptors (Lipinski definition) is 7. The van der Waals surface area contributed by atoms with Gasteiger partial charge in [-0.2, -0.15) is 0 Å². The molecule has 0 atom stereocenters. The van der Waals surface area contributed by atoms with Gasteiger partial charge >= 0.3 is 13.1 Å². The van der Waals surface area contributed by atoms with Gasteiger partial charge in [0.2, 0.25) is 0 Å². The number of rotatable bonds is 5. The highest BCUT2D eigenvalue weighted by Crippen LogP contribution is 2.13. The molecule has 0 spiro atoms. The fourth-order valence-electron chi connectivity index (χ4n) is 1.24. The van der Waals surface area contributed by atoms with E-state index in [1.165, 1.54) is 0 Å². The molecule has 0 saturated heterocycles. The van der Waals surface area contributed by atoms with Gasteiger partial charge in [-0.15, -0.1) is 0 Å². The predicted molar refractivity (Wildman–Crippen MR) is 62.3 cm³/mol. The van der Waals surface area contributed by atoms with Gasteiger partial charge in [0.15, 0.2) is 0 Å². The fourth-order valence-corrected chi connectivity index (χ4v) is 1.24. The maximum absolute atomic E-state index is 11.5. The Balaban J connectivity index is 3.10. The molecular weight excluding hydrogens is 243 g/mol. The van der Waals surface area contributed by atoms with Crippen LogP contribution in [0.4, 0.5) is 5.69 Å². The van der Waals surface area contributed by atoms with Gasteiger partial charge in [-0.05, 0) is 11.5 Å². The standard InChI is InChI=1S/C9H11BN2O6/c11-1-2-18-9(13)6-3-7(10(14)15)5-8(4-6)12(16)17/h3-5,14-15H,1-2,11H2. The van der Waals surface area contributed by atoms with Crippen molar-refractivity contribution in [2.45, 2.75) is 0 Å². The molecule has 0 fully saturated rings. The molecule has 0 aromatic heterocycles. The zero-order valence-corrected chi connectivity index (χ0v) is 9.28. The smallest absolute Gasteiger partial charge is 0.461 e. The first kappa shape index (κ1) is 14.1. The van der Waals surface area contributed by atoms with Gasteiger partial charge in [-0.1, -0.05) is 0 Å². The number of ether oxygens (including phenoxy) is 1. The summed E-state index contributed by atoms with van der Waals surface area (Å²) < 4.78 is 4.70. The lowest BCUT2D eigenvalue weighted by Gasteiger charge is -2.05. The summed E-state index contributed by atoms with van der Waals surface area (Å²) in [4.78, 5) is 21.4. The van der Waals surface area contributed by atoms with Crippen LogP contribution in [0, 0.1) is 10.1 Å². The van der Waals surface area contributed by atoms with Crippen LogP contribution < -0.4 is 11.2 Å². The minimum Gasteiger partial charge on any atom is -0.461 e. The summed E-state index contributed by atoms with van der Waals surface area (Å²) in [5, 5.41) is 28.6. The Bertz CT molecular complexity index is 464. The van der Waals surface area contributed by atoms with E-state index in [2.05, 4.69) is 0 Å². The second-order valence-corrected chi connectivity index (χ2v) is 3.37. The second-order valence-electron chi connectivity index (χ2n) is 3.37. The van der Waals surface area contributed by atoms with E-state index in [0.29, 0.717) is 0 Å². The number of carbonyl (C=O) groups is 1. The number of benzene rings is 1. The number of non-ortho nitro benzene ring substituents is 1. The molecule has 0 heterocycles. The maximum Gasteiger partial charge on any atom is 0.488 e. The molecule has 0 aliphatic heterocycles. The van der Waals surface area contributed by atoms with E-state index >= 15 is 0 Å². The van der Waals surface area contributed by atoms with Crippen molar-refractivity contribution in [1.82, 2.24) is 0 Å². The number of nitrogens with zero attached hydrogens (tertiary/aromatic N) is 1. The Morgan fingerprint density at radius 3 is 2.61 bits per heavy atom. The Kier molecular flexibility index (Phi) is 4.78.